The molecule has 0 unspecified atom stereocenters. The van der Waals surface area contributed by atoms with Crippen molar-refractivity contribution in [1.29, 1.82) is 0 Å². The molecule has 0 spiro atoms. The summed E-state index contributed by atoms with van der Waals surface area (Å²) in [7, 11) is 3.16. The maximum Gasteiger partial charge on any atom is 0.243 e. The largest absolute Gasteiger partial charge is 0.493 e. The van der Waals surface area contributed by atoms with Gasteiger partial charge in [0.25, 0.3) is 0 Å². The molecule has 0 heterocycles. The van der Waals surface area contributed by atoms with E-state index in [4.69, 9.17) is 9.47 Å². The van der Waals surface area contributed by atoms with Crippen LogP contribution in [0.1, 0.15) is 25.0 Å². The van der Waals surface area contributed by atoms with Crippen molar-refractivity contribution in [3.8, 4) is 11.5 Å². The number of carbonyl (C=O) groups is 1. The van der Waals surface area contributed by atoms with Gasteiger partial charge in [-0.15, -0.1) is 0 Å². The van der Waals surface area contributed by atoms with Gasteiger partial charge in [-0.25, -0.2) is 0 Å². The van der Waals surface area contributed by atoms with Crippen LogP contribution in [0.5, 0.6) is 11.5 Å². The van der Waals surface area contributed by atoms with Crippen LogP contribution in [0.2, 0.25) is 0 Å². The topological polar surface area (TPSA) is 47.6 Å². The lowest BCUT2D eigenvalue weighted by Gasteiger charge is -2.07. The minimum absolute atomic E-state index is 0.109. The van der Waals surface area contributed by atoms with Gasteiger partial charge in [-0.2, -0.15) is 0 Å². The van der Waals surface area contributed by atoms with E-state index in [2.05, 4.69) is 36.5 Å². The van der Waals surface area contributed by atoms with Crippen molar-refractivity contribution in [2.45, 2.75) is 20.3 Å². The van der Waals surface area contributed by atoms with Crippen LogP contribution < -0.4 is 14.8 Å². The summed E-state index contributed by atoms with van der Waals surface area (Å²) < 4.78 is 10.3. The monoisotopic (exact) mass is 341 g/mol. The van der Waals surface area contributed by atoms with Gasteiger partial charge in [0.05, 0.1) is 14.2 Å². The van der Waals surface area contributed by atoms with Crippen LogP contribution in [0.4, 0.5) is 0 Å². The molecular formula is C21H27NO3. The number of nitrogens with one attached hydrogen (secondary N) is 1. The minimum Gasteiger partial charge on any atom is -0.493 e. The Morgan fingerprint density at radius 1 is 1.00 bits per heavy atom. The van der Waals surface area contributed by atoms with Crippen LogP contribution in [0.25, 0.3) is 6.08 Å². The first kappa shape index (κ1) is 20.3. The Kier molecular flexibility index (Phi) is 9.53. The van der Waals surface area contributed by atoms with Gasteiger partial charge in [0, 0.05) is 12.6 Å². The van der Waals surface area contributed by atoms with Crippen molar-refractivity contribution in [3.63, 3.8) is 0 Å². The average molecular weight is 341 g/mol. The molecule has 25 heavy (non-hydrogen) atoms. The Balaban J connectivity index is 0.000000324. The van der Waals surface area contributed by atoms with Crippen molar-refractivity contribution in [3.05, 3.63) is 65.7 Å². The second-order valence-corrected chi connectivity index (χ2v) is 5.18. The lowest BCUT2D eigenvalue weighted by Crippen LogP contribution is -2.19. The van der Waals surface area contributed by atoms with Gasteiger partial charge >= 0.3 is 0 Å². The normalized spacial score (nSPS) is 9.92. The highest BCUT2D eigenvalue weighted by Gasteiger charge is 2.02. The molecule has 0 saturated carbocycles. The molecule has 0 atom stereocenters. The fourth-order valence-corrected chi connectivity index (χ4v) is 2.08. The van der Waals surface area contributed by atoms with E-state index in [0.29, 0.717) is 18.0 Å². The summed E-state index contributed by atoms with van der Waals surface area (Å²) in [5, 5.41) is 2.69. The van der Waals surface area contributed by atoms with E-state index < -0.39 is 0 Å². The highest BCUT2D eigenvalue weighted by Crippen LogP contribution is 2.27. The van der Waals surface area contributed by atoms with Crippen LogP contribution in [-0.2, 0) is 11.2 Å². The van der Waals surface area contributed by atoms with Gasteiger partial charge in [0.2, 0.25) is 5.91 Å². The van der Waals surface area contributed by atoms with Gasteiger partial charge in [-0.1, -0.05) is 43.3 Å². The number of methoxy groups -OCH3 is 2. The third-order valence-electron chi connectivity index (χ3n) is 3.44. The summed E-state index contributed by atoms with van der Waals surface area (Å²) in [4.78, 5) is 11.2. The number of rotatable bonds is 6. The highest BCUT2D eigenvalue weighted by molar-refractivity contribution is 5.91. The number of hydrogen-bond donors (Lipinski definition) is 1. The first-order valence-corrected chi connectivity index (χ1v) is 8.36. The zero-order valence-corrected chi connectivity index (χ0v) is 15.4. The summed E-state index contributed by atoms with van der Waals surface area (Å²) in [5.41, 5.74) is 2.29. The van der Waals surface area contributed by atoms with Crippen LogP contribution in [0.15, 0.2) is 54.6 Å². The summed E-state index contributed by atoms with van der Waals surface area (Å²) >= 11 is 0. The molecule has 4 heteroatoms. The van der Waals surface area contributed by atoms with E-state index in [-0.39, 0.29) is 5.91 Å². The van der Waals surface area contributed by atoms with E-state index in [0.717, 1.165) is 12.0 Å². The summed E-state index contributed by atoms with van der Waals surface area (Å²) in [6.45, 7) is 4.66. The molecular weight excluding hydrogens is 314 g/mol. The number of hydrogen-bond acceptors (Lipinski definition) is 3. The van der Waals surface area contributed by atoms with Gasteiger partial charge in [-0.3, -0.25) is 4.79 Å². The summed E-state index contributed by atoms with van der Waals surface area (Å²) in [6, 6.07) is 15.9. The molecule has 2 aromatic rings. The van der Waals surface area contributed by atoms with E-state index in [9.17, 15) is 4.79 Å². The number of benzene rings is 2. The fourth-order valence-electron chi connectivity index (χ4n) is 2.08. The van der Waals surface area contributed by atoms with Gasteiger partial charge in [-0.05, 0) is 42.7 Å². The molecule has 0 aliphatic rings. The number of likely N-dealkylation sites (N-methyl/N-ethyl adjacent to an activating group) is 1. The molecule has 0 bridgehead atoms. The molecule has 134 valence electrons. The summed E-state index contributed by atoms with van der Waals surface area (Å²) in [5.74, 6) is 1.20. The van der Waals surface area contributed by atoms with E-state index >= 15 is 0 Å². The Labute approximate surface area is 150 Å². The molecule has 0 aromatic heterocycles. The Morgan fingerprint density at radius 2 is 1.68 bits per heavy atom. The first-order chi connectivity index (χ1) is 12.1. The maximum absolute atomic E-state index is 11.2. The van der Waals surface area contributed by atoms with Crippen molar-refractivity contribution in [2.75, 3.05) is 20.8 Å². The fraction of sp³-hybridized carbons (Fsp3) is 0.286. The number of ether oxygens (including phenoxy) is 2. The average Bonchev–Trinajstić information content (AvgIpc) is 2.67. The van der Waals surface area contributed by atoms with Crippen molar-refractivity contribution < 1.29 is 14.3 Å². The summed E-state index contributed by atoms with van der Waals surface area (Å²) in [6.07, 6.45) is 4.36. The predicted octanol–water partition coefficient (Wildman–Crippen LogP) is 4.10. The standard InChI is InChI=1S/C13H17NO3.C8H10/c1-4-14-13(15)8-6-10-5-7-11(16-2)12(9-10)17-3;1-2-8-6-4-3-5-7-8/h5-9H,4H2,1-3H3,(H,14,15);3-7H,2H2,1H3/b8-6+;. The molecule has 2 aromatic carbocycles. The number of aryl methyl sites for hydroxylation is 1. The molecule has 0 fully saturated rings. The van der Waals surface area contributed by atoms with E-state index in [1.807, 2.05) is 25.1 Å². The van der Waals surface area contributed by atoms with Crippen LogP contribution in [0, 0.1) is 0 Å². The minimum atomic E-state index is -0.109. The molecule has 0 saturated heterocycles. The first-order valence-electron chi connectivity index (χ1n) is 8.36. The van der Waals surface area contributed by atoms with Gasteiger partial charge < -0.3 is 14.8 Å². The predicted molar refractivity (Wildman–Crippen MR) is 103 cm³/mol. The van der Waals surface area contributed by atoms with Gasteiger partial charge in [0.15, 0.2) is 11.5 Å². The Hall–Kier alpha value is -2.75. The molecule has 1 N–H and O–H groups in total. The molecule has 0 aliphatic heterocycles. The maximum atomic E-state index is 11.2. The van der Waals surface area contributed by atoms with E-state index in [1.54, 1.807) is 26.4 Å². The molecule has 2 rings (SSSR count). The highest BCUT2D eigenvalue weighted by atomic mass is 16.5. The zero-order chi connectivity index (χ0) is 18.5. The third-order valence-corrected chi connectivity index (χ3v) is 3.44. The van der Waals surface area contributed by atoms with Crippen LogP contribution in [0.3, 0.4) is 0 Å². The third kappa shape index (κ3) is 7.57. The second kappa shape index (κ2) is 11.7. The quantitative estimate of drug-likeness (QED) is 0.805. The van der Waals surface area contributed by atoms with Crippen molar-refractivity contribution >= 4 is 12.0 Å². The van der Waals surface area contributed by atoms with Gasteiger partial charge in [0.1, 0.15) is 0 Å². The van der Waals surface area contributed by atoms with Crippen molar-refractivity contribution in [1.82, 2.24) is 5.32 Å². The molecule has 1 amide bonds. The Morgan fingerprint density at radius 3 is 2.20 bits per heavy atom. The Bertz CT molecular complexity index is 666. The lowest BCUT2D eigenvalue weighted by atomic mass is 10.2. The number of carbonyl (C=O) groups excluding carboxylic acids is 1. The SMILES string of the molecule is CCNC(=O)/C=C/c1ccc(OC)c(OC)c1.CCc1ccccc1. The van der Waals surface area contributed by atoms with Crippen LogP contribution >= 0.6 is 0 Å². The second-order valence-electron chi connectivity index (χ2n) is 5.18. The number of amides is 1. The smallest absolute Gasteiger partial charge is 0.243 e. The molecule has 4 nitrogen and oxygen atoms in total. The van der Waals surface area contributed by atoms with E-state index in [1.165, 1.54) is 11.6 Å². The molecule has 0 radical (unpaired) electrons. The zero-order valence-electron chi connectivity index (χ0n) is 15.4. The molecule has 0 aliphatic carbocycles. The van der Waals surface area contributed by atoms with Crippen molar-refractivity contribution in [2.24, 2.45) is 0 Å². The lowest BCUT2D eigenvalue weighted by molar-refractivity contribution is -0.116. The van der Waals surface area contributed by atoms with Crippen LogP contribution in [-0.4, -0.2) is 26.7 Å².